The van der Waals surface area contributed by atoms with E-state index >= 15 is 0 Å². The lowest BCUT2D eigenvalue weighted by molar-refractivity contribution is 0.984. The number of hydrogen-bond donors (Lipinski definition) is 1. The Bertz CT molecular complexity index is 1090. The number of benzene rings is 4. The molecule has 0 bridgehead atoms. The number of nitrogens with two attached hydrogens (primary N) is 1. The maximum atomic E-state index is 6.30. The summed E-state index contributed by atoms with van der Waals surface area (Å²) < 4.78 is 0. The van der Waals surface area contributed by atoms with Gasteiger partial charge in [-0.25, -0.2) is 0 Å². The summed E-state index contributed by atoms with van der Waals surface area (Å²) in [5.74, 6) is 0.128. The lowest BCUT2D eigenvalue weighted by atomic mass is 9.82. The molecule has 2 N–H and O–H groups in total. The zero-order chi connectivity index (χ0) is 21.3. The summed E-state index contributed by atoms with van der Waals surface area (Å²) in [4.78, 5) is 4.26. The van der Waals surface area contributed by atoms with Gasteiger partial charge in [0.2, 0.25) is 0 Å². The van der Waals surface area contributed by atoms with Crippen LogP contribution in [0, 0.1) is 0 Å². The second-order valence-electron chi connectivity index (χ2n) is 8.19. The van der Waals surface area contributed by atoms with Gasteiger partial charge in [-0.3, -0.25) is 0 Å². The van der Waals surface area contributed by atoms with Gasteiger partial charge in [-0.15, -0.1) is 0 Å². The van der Waals surface area contributed by atoms with Gasteiger partial charge in [0.25, 0.3) is 0 Å². The van der Waals surface area contributed by atoms with Crippen molar-refractivity contribution in [2.45, 2.75) is 5.92 Å². The fraction of sp³-hybridized carbons (Fsp3) is 0.185. The third kappa shape index (κ3) is 3.71. The number of rotatable bonds is 5. The molecule has 0 radical (unpaired) electrons. The summed E-state index contributed by atoms with van der Waals surface area (Å²) in [5.41, 5.74) is 13.3. The molecule has 0 aliphatic heterocycles. The van der Waals surface area contributed by atoms with Crippen LogP contribution in [0.1, 0.15) is 22.6 Å². The Balaban J connectivity index is 1.91. The lowest BCUT2D eigenvalue weighted by Gasteiger charge is -2.23. The van der Waals surface area contributed by atoms with E-state index in [1.807, 2.05) is 6.07 Å². The van der Waals surface area contributed by atoms with Gasteiger partial charge in [0.15, 0.2) is 0 Å². The van der Waals surface area contributed by atoms with Crippen molar-refractivity contribution in [3.8, 4) is 0 Å². The van der Waals surface area contributed by atoms with Gasteiger partial charge < -0.3 is 15.5 Å². The number of nitrogens with zero attached hydrogens (tertiary/aromatic N) is 2. The van der Waals surface area contributed by atoms with Crippen molar-refractivity contribution < 1.29 is 0 Å². The molecule has 4 aromatic rings. The van der Waals surface area contributed by atoms with Crippen molar-refractivity contribution in [3.05, 3.63) is 102 Å². The molecule has 30 heavy (non-hydrogen) atoms. The van der Waals surface area contributed by atoms with Crippen LogP contribution >= 0.6 is 0 Å². The highest BCUT2D eigenvalue weighted by atomic mass is 15.1. The number of fused-ring (bicyclic) bond motifs is 1. The summed E-state index contributed by atoms with van der Waals surface area (Å²) in [5, 5.41) is 2.31. The normalized spacial score (nSPS) is 11.1. The van der Waals surface area contributed by atoms with E-state index in [2.05, 4.69) is 117 Å². The van der Waals surface area contributed by atoms with Crippen molar-refractivity contribution >= 4 is 27.8 Å². The van der Waals surface area contributed by atoms with Gasteiger partial charge in [-0.1, -0.05) is 54.6 Å². The van der Waals surface area contributed by atoms with E-state index < -0.39 is 0 Å². The average molecular weight is 396 g/mol. The summed E-state index contributed by atoms with van der Waals surface area (Å²) >= 11 is 0. The maximum absolute atomic E-state index is 6.30. The molecule has 4 aromatic carbocycles. The molecule has 0 heterocycles. The topological polar surface area (TPSA) is 32.5 Å². The molecule has 0 saturated heterocycles. The zero-order valence-electron chi connectivity index (χ0n) is 18.1. The van der Waals surface area contributed by atoms with Crippen molar-refractivity contribution in [1.82, 2.24) is 0 Å². The highest BCUT2D eigenvalue weighted by Gasteiger charge is 2.20. The molecular formula is C27H29N3. The minimum atomic E-state index is 0.128. The highest BCUT2D eigenvalue weighted by Crippen LogP contribution is 2.38. The van der Waals surface area contributed by atoms with Crippen LogP contribution in [-0.4, -0.2) is 28.2 Å². The molecule has 0 amide bonds. The Hall–Kier alpha value is -3.46. The number of hydrogen-bond acceptors (Lipinski definition) is 3. The van der Waals surface area contributed by atoms with E-state index in [9.17, 15) is 0 Å². The van der Waals surface area contributed by atoms with Gasteiger partial charge in [0.05, 0.1) is 0 Å². The summed E-state index contributed by atoms with van der Waals surface area (Å²) in [7, 11) is 8.28. The van der Waals surface area contributed by atoms with Crippen LogP contribution in [0.25, 0.3) is 10.8 Å². The molecule has 0 aliphatic carbocycles. The van der Waals surface area contributed by atoms with Crippen molar-refractivity contribution in [1.29, 1.82) is 0 Å². The van der Waals surface area contributed by atoms with Crippen LogP contribution in [-0.2, 0) is 0 Å². The molecule has 152 valence electrons. The minimum Gasteiger partial charge on any atom is -0.398 e. The molecule has 0 unspecified atom stereocenters. The Morgan fingerprint density at radius 3 is 1.50 bits per heavy atom. The van der Waals surface area contributed by atoms with Crippen molar-refractivity contribution in [3.63, 3.8) is 0 Å². The average Bonchev–Trinajstić information content (AvgIpc) is 2.76. The molecule has 0 aliphatic rings. The van der Waals surface area contributed by atoms with Crippen molar-refractivity contribution in [2.75, 3.05) is 43.7 Å². The van der Waals surface area contributed by atoms with E-state index in [1.165, 1.54) is 33.5 Å². The molecule has 0 atom stereocenters. The summed E-state index contributed by atoms with van der Waals surface area (Å²) in [6.07, 6.45) is 0. The molecular weight excluding hydrogens is 366 g/mol. The second-order valence-corrected chi connectivity index (χ2v) is 8.19. The first kappa shape index (κ1) is 19.8. The SMILES string of the molecule is CN(C)c1ccc(C(c2ccc(N(C)C)cc2)c2ccc(N)c3ccccc23)cc1. The van der Waals surface area contributed by atoms with E-state index in [0.717, 1.165) is 11.1 Å². The Kier molecular flexibility index (Phi) is 5.37. The Morgan fingerprint density at radius 2 is 1.03 bits per heavy atom. The molecule has 0 saturated carbocycles. The van der Waals surface area contributed by atoms with Crippen LogP contribution in [0.4, 0.5) is 17.1 Å². The number of nitrogen functional groups attached to an aromatic ring is 1. The van der Waals surface area contributed by atoms with Crippen molar-refractivity contribution in [2.24, 2.45) is 0 Å². The van der Waals surface area contributed by atoms with Gasteiger partial charge in [-0.2, -0.15) is 0 Å². The molecule has 0 aromatic heterocycles. The molecule has 0 spiro atoms. The van der Waals surface area contributed by atoms with E-state index in [1.54, 1.807) is 0 Å². The van der Waals surface area contributed by atoms with Crippen LogP contribution in [0.3, 0.4) is 0 Å². The third-order valence-electron chi connectivity index (χ3n) is 5.79. The fourth-order valence-corrected chi connectivity index (χ4v) is 4.08. The zero-order valence-corrected chi connectivity index (χ0v) is 18.1. The number of anilines is 3. The first-order valence-electron chi connectivity index (χ1n) is 10.3. The third-order valence-corrected chi connectivity index (χ3v) is 5.79. The van der Waals surface area contributed by atoms with Crippen LogP contribution in [0.2, 0.25) is 0 Å². The molecule has 0 fully saturated rings. The summed E-state index contributed by atoms with van der Waals surface area (Å²) in [6, 6.07) is 30.4. The first-order valence-corrected chi connectivity index (χ1v) is 10.3. The predicted molar refractivity (Wildman–Crippen MR) is 131 cm³/mol. The van der Waals surface area contributed by atoms with Gasteiger partial charge in [-0.05, 0) is 52.4 Å². The smallest absolute Gasteiger partial charge is 0.0393 e. The van der Waals surface area contributed by atoms with E-state index in [0.29, 0.717) is 0 Å². The molecule has 3 nitrogen and oxygen atoms in total. The molecule has 4 rings (SSSR count). The largest absolute Gasteiger partial charge is 0.398 e. The van der Waals surface area contributed by atoms with E-state index in [4.69, 9.17) is 5.73 Å². The van der Waals surface area contributed by atoms with Gasteiger partial charge in [0, 0.05) is 56.6 Å². The maximum Gasteiger partial charge on any atom is 0.0393 e. The van der Waals surface area contributed by atoms with Crippen LogP contribution in [0.5, 0.6) is 0 Å². The lowest BCUT2D eigenvalue weighted by Crippen LogP contribution is -2.10. The second kappa shape index (κ2) is 8.11. The molecule has 3 heteroatoms. The van der Waals surface area contributed by atoms with Gasteiger partial charge in [0.1, 0.15) is 0 Å². The Morgan fingerprint density at radius 1 is 0.567 bits per heavy atom. The predicted octanol–water partition coefficient (Wildman–Crippen LogP) is 5.73. The van der Waals surface area contributed by atoms with Gasteiger partial charge >= 0.3 is 0 Å². The standard InChI is InChI=1S/C27H29N3/c1-29(2)21-13-9-19(10-14-21)27(20-11-15-22(16-12-20)30(3)4)25-17-18-26(28)24-8-6-5-7-23(24)25/h5-18,27H,28H2,1-4H3. The monoisotopic (exact) mass is 395 g/mol. The fourth-order valence-electron chi connectivity index (χ4n) is 4.08. The minimum absolute atomic E-state index is 0.128. The van der Waals surface area contributed by atoms with Crippen LogP contribution < -0.4 is 15.5 Å². The summed E-state index contributed by atoms with van der Waals surface area (Å²) in [6.45, 7) is 0. The first-order chi connectivity index (χ1) is 14.5. The Labute approximate surface area is 179 Å². The van der Waals surface area contributed by atoms with E-state index in [-0.39, 0.29) is 5.92 Å². The quantitative estimate of drug-likeness (QED) is 0.346. The van der Waals surface area contributed by atoms with Crippen LogP contribution in [0.15, 0.2) is 84.9 Å². The highest BCUT2D eigenvalue weighted by molar-refractivity contribution is 5.96.